The van der Waals surface area contributed by atoms with E-state index in [9.17, 15) is 9.59 Å². The van der Waals surface area contributed by atoms with Gasteiger partial charge in [-0.1, -0.05) is 13.8 Å². The number of ether oxygens (including phenoxy) is 3. The zero-order valence-electron chi connectivity index (χ0n) is 16.8. The fourth-order valence-electron chi connectivity index (χ4n) is 2.83. The van der Waals surface area contributed by atoms with Gasteiger partial charge in [0.2, 0.25) is 0 Å². The lowest BCUT2D eigenvalue weighted by Gasteiger charge is -2.29. The number of carbonyl (C=O) groups excluding carboxylic acids is 2. The van der Waals surface area contributed by atoms with Gasteiger partial charge in [-0.25, -0.2) is 9.59 Å². The van der Waals surface area contributed by atoms with Crippen LogP contribution < -0.4 is 20.1 Å². The third-order valence-corrected chi connectivity index (χ3v) is 4.58. The van der Waals surface area contributed by atoms with E-state index in [1.54, 1.807) is 19.9 Å². The third-order valence-electron chi connectivity index (χ3n) is 3.99. The maximum absolute atomic E-state index is 12.5. The van der Waals surface area contributed by atoms with Gasteiger partial charge in [0.1, 0.15) is 0 Å². The number of hydrogen-bond donors (Lipinski definition) is 2. The van der Waals surface area contributed by atoms with Crippen LogP contribution in [0, 0.1) is 5.92 Å². The Labute approximate surface area is 173 Å². The molecule has 0 spiro atoms. The van der Waals surface area contributed by atoms with Crippen LogP contribution in [0.25, 0.3) is 0 Å². The molecule has 0 fully saturated rings. The van der Waals surface area contributed by atoms with Gasteiger partial charge in [-0.3, -0.25) is 0 Å². The second-order valence-corrected chi connectivity index (χ2v) is 7.61. The summed E-state index contributed by atoms with van der Waals surface area (Å²) in [6.07, 6.45) is 0. The Kier molecular flexibility index (Phi) is 7.74. The monoisotopic (exact) mass is 454 g/mol. The van der Waals surface area contributed by atoms with E-state index >= 15 is 0 Å². The molecule has 2 amide bonds. The van der Waals surface area contributed by atoms with Crippen molar-refractivity contribution in [2.45, 2.75) is 40.7 Å². The summed E-state index contributed by atoms with van der Waals surface area (Å²) in [7, 11) is 0. The molecule has 154 valence electrons. The van der Waals surface area contributed by atoms with Crippen LogP contribution in [0.4, 0.5) is 4.79 Å². The maximum Gasteiger partial charge on any atom is 0.338 e. The Balaban J connectivity index is 2.50. The van der Waals surface area contributed by atoms with Crippen molar-refractivity contribution in [3.05, 3.63) is 33.4 Å². The molecule has 28 heavy (non-hydrogen) atoms. The Morgan fingerprint density at radius 1 is 1.21 bits per heavy atom. The Hall–Kier alpha value is -2.22. The van der Waals surface area contributed by atoms with Gasteiger partial charge in [0.25, 0.3) is 0 Å². The van der Waals surface area contributed by atoms with E-state index in [-0.39, 0.29) is 12.6 Å². The topological polar surface area (TPSA) is 85.9 Å². The first-order chi connectivity index (χ1) is 13.3. The molecule has 0 aliphatic carbocycles. The molecule has 1 atom stereocenters. The van der Waals surface area contributed by atoms with Crippen molar-refractivity contribution in [3.63, 3.8) is 0 Å². The van der Waals surface area contributed by atoms with E-state index < -0.39 is 12.0 Å². The number of esters is 1. The van der Waals surface area contributed by atoms with Crippen molar-refractivity contribution < 1.29 is 23.8 Å². The lowest BCUT2D eigenvalue weighted by Crippen LogP contribution is -2.45. The average molecular weight is 455 g/mol. The molecule has 0 aromatic heterocycles. The number of halogens is 1. The maximum atomic E-state index is 12.5. The Bertz CT molecular complexity index is 776. The molecular formula is C20H27BrN2O5. The summed E-state index contributed by atoms with van der Waals surface area (Å²) in [5.74, 6) is 1.01. The van der Waals surface area contributed by atoms with E-state index in [0.29, 0.717) is 51.9 Å². The molecule has 1 aromatic carbocycles. The Morgan fingerprint density at radius 2 is 1.93 bits per heavy atom. The summed E-state index contributed by atoms with van der Waals surface area (Å²) in [6, 6.07) is 2.56. The van der Waals surface area contributed by atoms with Crippen LogP contribution >= 0.6 is 15.9 Å². The summed E-state index contributed by atoms with van der Waals surface area (Å²) < 4.78 is 17.5. The van der Waals surface area contributed by atoms with E-state index in [1.807, 2.05) is 13.0 Å². The SMILES string of the molecule is CCOC(=O)C1=C(C)NC(=O)NC1c1cc(Br)c(OCC(C)C)c(OCC)c1. The highest BCUT2D eigenvalue weighted by Crippen LogP contribution is 2.40. The highest BCUT2D eigenvalue weighted by molar-refractivity contribution is 9.10. The normalized spacial score (nSPS) is 16.5. The standard InChI is InChI=1S/C20H27BrN2O5/c1-6-26-15-9-13(8-14(21)18(15)28-10-11(3)4)17-16(19(24)27-7-2)12(5)22-20(25)23-17/h8-9,11,17H,6-7,10H2,1-5H3,(H2,22,23,25). The molecule has 1 aromatic rings. The fourth-order valence-corrected chi connectivity index (χ4v) is 3.41. The zero-order chi connectivity index (χ0) is 20.8. The van der Waals surface area contributed by atoms with Crippen LogP contribution in [0.2, 0.25) is 0 Å². The van der Waals surface area contributed by atoms with Crippen LogP contribution in [0.15, 0.2) is 27.9 Å². The van der Waals surface area contributed by atoms with Gasteiger partial charge >= 0.3 is 12.0 Å². The molecule has 1 aliphatic heterocycles. The molecule has 2 rings (SSSR count). The lowest BCUT2D eigenvalue weighted by atomic mass is 9.95. The number of rotatable bonds is 8. The van der Waals surface area contributed by atoms with Crippen LogP contribution in [-0.2, 0) is 9.53 Å². The first kappa shape index (κ1) is 22.1. The number of benzene rings is 1. The molecule has 0 saturated heterocycles. The van der Waals surface area contributed by atoms with Crippen LogP contribution in [0.3, 0.4) is 0 Å². The molecule has 0 radical (unpaired) electrons. The predicted octanol–water partition coefficient (Wildman–Crippen LogP) is 4.07. The Morgan fingerprint density at radius 3 is 2.54 bits per heavy atom. The van der Waals surface area contributed by atoms with Gasteiger partial charge < -0.3 is 24.8 Å². The second kappa shape index (κ2) is 9.82. The van der Waals surface area contributed by atoms with E-state index in [1.165, 1.54) is 0 Å². The predicted molar refractivity (Wildman–Crippen MR) is 109 cm³/mol. The van der Waals surface area contributed by atoms with Crippen molar-refractivity contribution >= 4 is 27.9 Å². The number of hydrogen-bond acceptors (Lipinski definition) is 5. The quantitative estimate of drug-likeness (QED) is 0.578. The van der Waals surface area contributed by atoms with Gasteiger partial charge in [-0.15, -0.1) is 0 Å². The molecule has 1 aliphatic rings. The summed E-state index contributed by atoms with van der Waals surface area (Å²) in [5, 5.41) is 5.42. The van der Waals surface area contributed by atoms with Crippen molar-refractivity contribution in [1.82, 2.24) is 10.6 Å². The molecule has 1 unspecified atom stereocenters. The minimum atomic E-state index is -0.664. The summed E-state index contributed by atoms with van der Waals surface area (Å²) >= 11 is 3.54. The highest BCUT2D eigenvalue weighted by atomic mass is 79.9. The smallest absolute Gasteiger partial charge is 0.338 e. The fraction of sp³-hybridized carbons (Fsp3) is 0.500. The van der Waals surface area contributed by atoms with Gasteiger partial charge in [-0.05, 0) is 60.3 Å². The molecule has 0 bridgehead atoms. The van der Waals surface area contributed by atoms with E-state index in [4.69, 9.17) is 14.2 Å². The zero-order valence-corrected chi connectivity index (χ0v) is 18.4. The lowest BCUT2D eigenvalue weighted by molar-refractivity contribution is -0.139. The van der Waals surface area contributed by atoms with Gasteiger partial charge in [0.05, 0.1) is 35.9 Å². The molecule has 2 N–H and O–H groups in total. The van der Waals surface area contributed by atoms with Crippen molar-refractivity contribution in [1.29, 1.82) is 0 Å². The number of amides is 2. The summed E-state index contributed by atoms with van der Waals surface area (Å²) in [5.41, 5.74) is 1.50. The third kappa shape index (κ3) is 5.19. The first-order valence-electron chi connectivity index (χ1n) is 9.32. The molecule has 8 heteroatoms. The van der Waals surface area contributed by atoms with Crippen molar-refractivity contribution in [3.8, 4) is 11.5 Å². The van der Waals surface area contributed by atoms with E-state index in [2.05, 4.69) is 40.4 Å². The average Bonchev–Trinajstić information content (AvgIpc) is 2.60. The van der Waals surface area contributed by atoms with Gasteiger partial charge in [-0.2, -0.15) is 0 Å². The van der Waals surface area contributed by atoms with Crippen LogP contribution in [0.1, 0.15) is 46.2 Å². The summed E-state index contributed by atoms with van der Waals surface area (Å²) in [4.78, 5) is 24.5. The van der Waals surface area contributed by atoms with Crippen LogP contribution in [0.5, 0.6) is 11.5 Å². The highest BCUT2D eigenvalue weighted by Gasteiger charge is 2.33. The van der Waals surface area contributed by atoms with Gasteiger partial charge in [0, 0.05) is 5.70 Å². The minimum Gasteiger partial charge on any atom is -0.490 e. The number of carbonyl (C=O) groups is 2. The molecule has 0 saturated carbocycles. The number of allylic oxidation sites excluding steroid dienone is 1. The van der Waals surface area contributed by atoms with Crippen molar-refractivity contribution in [2.75, 3.05) is 19.8 Å². The molecule has 7 nitrogen and oxygen atoms in total. The number of urea groups is 1. The largest absolute Gasteiger partial charge is 0.490 e. The molecular weight excluding hydrogens is 428 g/mol. The number of nitrogens with one attached hydrogen (secondary N) is 2. The van der Waals surface area contributed by atoms with Crippen LogP contribution in [-0.4, -0.2) is 31.8 Å². The van der Waals surface area contributed by atoms with E-state index in [0.717, 1.165) is 0 Å². The first-order valence-corrected chi connectivity index (χ1v) is 10.1. The molecule has 1 heterocycles. The van der Waals surface area contributed by atoms with Gasteiger partial charge in [0.15, 0.2) is 11.5 Å². The minimum absolute atomic E-state index is 0.242. The second-order valence-electron chi connectivity index (χ2n) is 6.76. The van der Waals surface area contributed by atoms with Crippen molar-refractivity contribution in [2.24, 2.45) is 5.92 Å². The summed E-state index contributed by atoms with van der Waals surface area (Å²) in [6.45, 7) is 10.7.